The van der Waals surface area contributed by atoms with Crippen molar-refractivity contribution in [2.24, 2.45) is 5.92 Å². The fourth-order valence-corrected chi connectivity index (χ4v) is 3.17. The molecule has 0 saturated heterocycles. The second-order valence-corrected chi connectivity index (χ2v) is 7.64. The third-order valence-corrected chi connectivity index (χ3v) is 4.79. The van der Waals surface area contributed by atoms with Gasteiger partial charge in [-0.25, -0.2) is 14.5 Å². The molecule has 0 unspecified atom stereocenters. The maximum Gasteiger partial charge on any atom is 0.336 e. The highest BCUT2D eigenvalue weighted by Crippen LogP contribution is 2.24. The zero-order valence-corrected chi connectivity index (χ0v) is 17.7. The average Bonchev–Trinajstić information content (AvgIpc) is 3.12. The first-order valence-electron chi connectivity index (χ1n) is 10.3. The van der Waals surface area contributed by atoms with Crippen molar-refractivity contribution in [1.82, 2.24) is 14.8 Å². The molecule has 0 atom stereocenters. The van der Waals surface area contributed by atoms with Crippen molar-refractivity contribution in [3.8, 4) is 23.0 Å². The van der Waals surface area contributed by atoms with Crippen LogP contribution in [0.5, 0.6) is 0 Å². The smallest absolute Gasteiger partial charge is 0.336 e. The predicted octanol–water partition coefficient (Wildman–Crippen LogP) is 5.04. The molecular weight excluding hydrogens is 374 g/mol. The van der Waals surface area contributed by atoms with Crippen molar-refractivity contribution >= 4 is 5.97 Å². The van der Waals surface area contributed by atoms with E-state index in [0.717, 1.165) is 36.2 Å². The molecule has 154 valence electrons. The molecule has 1 heterocycles. The van der Waals surface area contributed by atoms with Crippen LogP contribution in [-0.4, -0.2) is 25.8 Å². The zero-order valence-electron chi connectivity index (χ0n) is 17.7. The van der Waals surface area contributed by atoms with Gasteiger partial charge in [0.25, 0.3) is 0 Å². The lowest BCUT2D eigenvalue weighted by molar-refractivity contribution is 0.0697. The van der Waals surface area contributed by atoms with E-state index in [2.05, 4.69) is 35.8 Å². The average molecular weight is 402 g/mol. The Balaban J connectivity index is 1.84. The second-order valence-electron chi connectivity index (χ2n) is 7.64. The summed E-state index contributed by atoms with van der Waals surface area (Å²) in [5, 5.41) is 14.1. The molecule has 2 aromatic carbocycles. The molecular formula is C25H27N3O2. The van der Waals surface area contributed by atoms with Crippen LogP contribution in [0.15, 0.2) is 48.5 Å². The monoisotopic (exact) mass is 401 g/mol. The van der Waals surface area contributed by atoms with E-state index < -0.39 is 5.97 Å². The Hall–Kier alpha value is -3.39. The Morgan fingerprint density at radius 1 is 1.13 bits per heavy atom. The summed E-state index contributed by atoms with van der Waals surface area (Å²) < 4.78 is 1.86. The third-order valence-electron chi connectivity index (χ3n) is 4.79. The maximum absolute atomic E-state index is 11.5. The van der Waals surface area contributed by atoms with E-state index in [9.17, 15) is 9.90 Å². The molecule has 0 aliphatic carbocycles. The number of aryl methyl sites for hydroxylation is 1. The summed E-state index contributed by atoms with van der Waals surface area (Å²) in [6.07, 6.45) is 2.66. The Bertz CT molecular complexity index is 1070. The second kappa shape index (κ2) is 9.89. The summed E-state index contributed by atoms with van der Waals surface area (Å²) in [5.74, 6) is 7.41. The summed E-state index contributed by atoms with van der Waals surface area (Å²) in [7, 11) is 0. The number of nitrogens with zero attached hydrogens (tertiary/aromatic N) is 3. The van der Waals surface area contributed by atoms with Gasteiger partial charge in [-0.15, -0.1) is 0 Å². The van der Waals surface area contributed by atoms with Gasteiger partial charge in [0.2, 0.25) is 5.82 Å². The van der Waals surface area contributed by atoms with Crippen LogP contribution in [0.4, 0.5) is 0 Å². The highest BCUT2D eigenvalue weighted by Gasteiger charge is 2.12. The van der Waals surface area contributed by atoms with Crippen LogP contribution < -0.4 is 0 Å². The molecule has 5 heteroatoms. The number of aromatic carboxylic acids is 1. The van der Waals surface area contributed by atoms with E-state index in [0.29, 0.717) is 29.4 Å². The van der Waals surface area contributed by atoms with E-state index in [4.69, 9.17) is 0 Å². The van der Waals surface area contributed by atoms with Gasteiger partial charge >= 0.3 is 5.97 Å². The lowest BCUT2D eigenvalue weighted by atomic mass is 9.99. The molecule has 0 aliphatic heterocycles. The SMILES string of the molecule is CCC#Cc1nc(CCC(C)C)nn1Cc1ccc(-c2ccccc2C(=O)O)cc1. The Morgan fingerprint density at radius 3 is 2.53 bits per heavy atom. The van der Waals surface area contributed by atoms with Crippen LogP contribution in [0.25, 0.3) is 11.1 Å². The third kappa shape index (κ3) is 5.36. The van der Waals surface area contributed by atoms with Gasteiger partial charge in [0, 0.05) is 12.8 Å². The first-order chi connectivity index (χ1) is 14.5. The Morgan fingerprint density at radius 2 is 1.87 bits per heavy atom. The number of carboxylic acids is 1. The van der Waals surface area contributed by atoms with Gasteiger partial charge in [-0.05, 0) is 41.0 Å². The molecule has 0 radical (unpaired) electrons. The van der Waals surface area contributed by atoms with Crippen molar-refractivity contribution in [3.63, 3.8) is 0 Å². The molecule has 0 aliphatic rings. The minimum atomic E-state index is -0.926. The first kappa shape index (κ1) is 21.3. The molecule has 0 fully saturated rings. The topological polar surface area (TPSA) is 68.0 Å². The fourth-order valence-electron chi connectivity index (χ4n) is 3.17. The fraction of sp³-hybridized carbons (Fsp3) is 0.320. The molecule has 3 aromatic rings. The molecule has 0 bridgehead atoms. The van der Waals surface area contributed by atoms with Gasteiger partial charge in [0.1, 0.15) is 0 Å². The highest BCUT2D eigenvalue weighted by atomic mass is 16.4. The minimum Gasteiger partial charge on any atom is -0.478 e. The van der Waals surface area contributed by atoms with Crippen LogP contribution in [0, 0.1) is 17.8 Å². The molecule has 3 rings (SSSR count). The standard InChI is InChI=1S/C25H27N3O2/c1-4-5-10-24-26-23(16-11-18(2)3)27-28(24)17-19-12-14-20(15-13-19)21-8-6-7-9-22(21)25(29)30/h6-9,12-15,18H,4,11,16-17H2,1-3H3,(H,29,30). The van der Waals surface area contributed by atoms with E-state index >= 15 is 0 Å². The van der Waals surface area contributed by atoms with Crippen LogP contribution in [-0.2, 0) is 13.0 Å². The van der Waals surface area contributed by atoms with E-state index in [1.54, 1.807) is 12.1 Å². The number of hydrogen-bond donors (Lipinski definition) is 1. The number of carboxylic acid groups (broad SMARTS) is 1. The summed E-state index contributed by atoms with van der Waals surface area (Å²) in [6.45, 7) is 6.97. The number of hydrogen-bond acceptors (Lipinski definition) is 3. The van der Waals surface area contributed by atoms with Gasteiger partial charge in [-0.2, -0.15) is 5.10 Å². The van der Waals surface area contributed by atoms with Crippen LogP contribution in [0.1, 0.15) is 61.2 Å². The largest absolute Gasteiger partial charge is 0.478 e. The summed E-state index contributed by atoms with van der Waals surface area (Å²) in [5.41, 5.74) is 2.95. The molecule has 1 aromatic heterocycles. The number of aromatic nitrogens is 3. The van der Waals surface area contributed by atoms with Gasteiger partial charge in [0.05, 0.1) is 12.1 Å². The Labute approximate surface area is 177 Å². The van der Waals surface area contributed by atoms with Gasteiger partial charge in [-0.1, -0.05) is 69.2 Å². The van der Waals surface area contributed by atoms with Crippen LogP contribution in [0.3, 0.4) is 0 Å². The van der Waals surface area contributed by atoms with Gasteiger partial charge < -0.3 is 5.11 Å². The van der Waals surface area contributed by atoms with Crippen LogP contribution in [0.2, 0.25) is 0 Å². The molecule has 0 saturated carbocycles. The van der Waals surface area contributed by atoms with E-state index in [1.165, 1.54) is 0 Å². The number of benzene rings is 2. The summed E-state index contributed by atoms with van der Waals surface area (Å²) >= 11 is 0. The number of rotatable bonds is 7. The van der Waals surface area contributed by atoms with Crippen molar-refractivity contribution in [1.29, 1.82) is 0 Å². The quantitative estimate of drug-likeness (QED) is 0.563. The van der Waals surface area contributed by atoms with Gasteiger partial charge in [0.15, 0.2) is 5.82 Å². The highest BCUT2D eigenvalue weighted by molar-refractivity contribution is 5.95. The predicted molar refractivity (Wildman–Crippen MR) is 118 cm³/mol. The minimum absolute atomic E-state index is 0.299. The maximum atomic E-state index is 11.5. The summed E-state index contributed by atoms with van der Waals surface area (Å²) in [4.78, 5) is 16.1. The van der Waals surface area contributed by atoms with E-state index in [-0.39, 0.29) is 0 Å². The van der Waals surface area contributed by atoms with Crippen molar-refractivity contribution in [2.45, 2.75) is 46.6 Å². The Kier molecular flexibility index (Phi) is 7.03. The zero-order chi connectivity index (χ0) is 21.5. The van der Waals surface area contributed by atoms with Crippen molar-refractivity contribution in [2.75, 3.05) is 0 Å². The number of carbonyl (C=O) groups is 1. The lowest BCUT2D eigenvalue weighted by Gasteiger charge is -2.08. The van der Waals surface area contributed by atoms with Gasteiger partial charge in [-0.3, -0.25) is 0 Å². The summed E-state index contributed by atoms with van der Waals surface area (Å²) in [6, 6.07) is 14.9. The lowest BCUT2D eigenvalue weighted by Crippen LogP contribution is -2.05. The van der Waals surface area contributed by atoms with Crippen molar-refractivity contribution < 1.29 is 9.90 Å². The van der Waals surface area contributed by atoms with Crippen molar-refractivity contribution in [3.05, 3.63) is 71.3 Å². The molecule has 1 N–H and O–H groups in total. The normalized spacial score (nSPS) is 10.7. The molecule has 0 spiro atoms. The first-order valence-corrected chi connectivity index (χ1v) is 10.3. The van der Waals surface area contributed by atoms with Crippen LogP contribution >= 0.6 is 0 Å². The molecule has 0 amide bonds. The molecule has 5 nitrogen and oxygen atoms in total. The van der Waals surface area contributed by atoms with E-state index in [1.807, 2.05) is 48.0 Å². The molecule has 30 heavy (non-hydrogen) atoms.